The second-order valence-electron chi connectivity index (χ2n) is 7.53. The number of halogens is 1. The fourth-order valence-corrected chi connectivity index (χ4v) is 5.11. The number of aryl methyl sites for hydroxylation is 1. The van der Waals surface area contributed by atoms with Gasteiger partial charge >= 0.3 is 0 Å². The number of methoxy groups -OCH3 is 2. The molecule has 0 spiro atoms. The summed E-state index contributed by atoms with van der Waals surface area (Å²) in [5.74, 6) is 0.799. The fraction of sp³-hybridized carbons (Fsp3) is 0.208. The van der Waals surface area contributed by atoms with Crippen molar-refractivity contribution < 1.29 is 22.7 Å². The van der Waals surface area contributed by atoms with E-state index >= 15 is 0 Å². The maximum absolute atomic E-state index is 13.3. The standard InChI is InChI=1S/C24H23ClN2O5S/c1-31-19-9-10-22-16(13-19)6-4-12-27(22)24(28)17-5-3-7-20(14-17)33(29,30)26-21-15-18(25)8-11-23(21)32-2/h3,5,7-11,13-15,26H,4,6,12H2,1-2H3. The van der Waals surface area contributed by atoms with Crippen molar-refractivity contribution in [2.75, 3.05) is 30.4 Å². The molecule has 0 unspecified atom stereocenters. The minimum atomic E-state index is -3.99. The molecule has 0 saturated heterocycles. The number of anilines is 2. The first kappa shape index (κ1) is 22.9. The number of ether oxygens (including phenoxy) is 2. The molecule has 1 heterocycles. The van der Waals surface area contributed by atoms with Crippen molar-refractivity contribution in [3.8, 4) is 11.5 Å². The fourth-order valence-electron chi connectivity index (χ4n) is 3.83. The predicted octanol–water partition coefficient (Wildman–Crippen LogP) is 4.75. The van der Waals surface area contributed by atoms with Crippen molar-refractivity contribution in [2.24, 2.45) is 0 Å². The van der Waals surface area contributed by atoms with Crippen LogP contribution < -0.4 is 19.1 Å². The van der Waals surface area contributed by atoms with Crippen LogP contribution >= 0.6 is 11.6 Å². The van der Waals surface area contributed by atoms with Crippen molar-refractivity contribution in [2.45, 2.75) is 17.7 Å². The third-order valence-corrected chi connectivity index (χ3v) is 7.05. The normalized spacial score (nSPS) is 13.2. The van der Waals surface area contributed by atoms with Gasteiger partial charge < -0.3 is 14.4 Å². The van der Waals surface area contributed by atoms with Crippen molar-refractivity contribution in [1.29, 1.82) is 0 Å². The lowest BCUT2D eigenvalue weighted by Crippen LogP contribution is -2.35. The van der Waals surface area contributed by atoms with E-state index in [1.165, 1.54) is 25.3 Å². The summed E-state index contributed by atoms with van der Waals surface area (Å²) < 4.78 is 39.1. The van der Waals surface area contributed by atoms with E-state index in [4.69, 9.17) is 21.1 Å². The van der Waals surface area contributed by atoms with E-state index in [1.807, 2.05) is 18.2 Å². The average molecular weight is 487 g/mol. The molecule has 1 amide bonds. The number of sulfonamides is 1. The van der Waals surface area contributed by atoms with E-state index in [1.54, 1.807) is 36.3 Å². The largest absolute Gasteiger partial charge is 0.497 e. The summed E-state index contributed by atoms with van der Waals surface area (Å²) in [6, 6.07) is 16.2. The first-order chi connectivity index (χ1) is 15.8. The second-order valence-corrected chi connectivity index (χ2v) is 9.65. The van der Waals surface area contributed by atoms with Crippen molar-refractivity contribution in [1.82, 2.24) is 0 Å². The number of nitrogens with zero attached hydrogens (tertiary/aromatic N) is 1. The quantitative estimate of drug-likeness (QED) is 0.543. The Kier molecular flexibility index (Phi) is 6.49. The van der Waals surface area contributed by atoms with Crippen LogP contribution in [-0.4, -0.2) is 35.1 Å². The average Bonchev–Trinajstić information content (AvgIpc) is 2.83. The van der Waals surface area contributed by atoms with Crippen LogP contribution in [0.25, 0.3) is 0 Å². The number of carbonyl (C=O) groups is 1. The van der Waals surface area contributed by atoms with Crippen LogP contribution in [0.3, 0.4) is 0 Å². The molecule has 1 aliphatic heterocycles. The Morgan fingerprint density at radius 3 is 2.61 bits per heavy atom. The highest BCUT2D eigenvalue weighted by molar-refractivity contribution is 7.92. The molecule has 33 heavy (non-hydrogen) atoms. The van der Waals surface area contributed by atoms with E-state index in [9.17, 15) is 13.2 Å². The Bertz CT molecular complexity index is 1310. The Balaban J connectivity index is 1.64. The number of fused-ring (bicyclic) bond motifs is 1. The van der Waals surface area contributed by atoms with Crippen molar-refractivity contribution in [3.05, 3.63) is 76.8 Å². The first-order valence-electron chi connectivity index (χ1n) is 10.3. The summed E-state index contributed by atoms with van der Waals surface area (Å²) in [4.78, 5) is 15.0. The molecule has 9 heteroatoms. The molecule has 3 aromatic rings. The summed E-state index contributed by atoms with van der Waals surface area (Å²) in [7, 11) is -0.954. The molecule has 4 rings (SSSR count). The Morgan fingerprint density at radius 2 is 1.85 bits per heavy atom. The van der Waals surface area contributed by atoms with Crippen LogP contribution in [0, 0.1) is 0 Å². The Labute approximate surface area is 197 Å². The molecule has 7 nitrogen and oxygen atoms in total. The molecule has 1 aliphatic rings. The molecule has 0 bridgehead atoms. The van der Waals surface area contributed by atoms with Gasteiger partial charge in [0.15, 0.2) is 0 Å². The van der Waals surface area contributed by atoms with Crippen molar-refractivity contribution in [3.63, 3.8) is 0 Å². The van der Waals surface area contributed by atoms with Gasteiger partial charge in [0.1, 0.15) is 11.5 Å². The number of amides is 1. The molecular weight excluding hydrogens is 464 g/mol. The van der Waals surface area contributed by atoms with Crippen LogP contribution in [0.4, 0.5) is 11.4 Å². The van der Waals surface area contributed by atoms with Gasteiger partial charge in [-0.05, 0) is 73.0 Å². The van der Waals surface area contributed by atoms with Crippen LogP contribution in [-0.2, 0) is 16.4 Å². The number of benzene rings is 3. The number of hydrogen-bond acceptors (Lipinski definition) is 5. The maximum atomic E-state index is 13.3. The summed E-state index contributed by atoms with van der Waals surface area (Å²) in [5, 5.41) is 0.359. The maximum Gasteiger partial charge on any atom is 0.262 e. The number of nitrogens with one attached hydrogen (secondary N) is 1. The summed E-state index contributed by atoms with van der Waals surface area (Å²) in [6.07, 6.45) is 1.65. The van der Waals surface area contributed by atoms with E-state index in [0.717, 1.165) is 29.8 Å². The van der Waals surface area contributed by atoms with Gasteiger partial charge in [0.25, 0.3) is 15.9 Å². The van der Waals surface area contributed by atoms with Crippen LogP contribution in [0.15, 0.2) is 65.6 Å². The van der Waals surface area contributed by atoms with E-state index in [-0.39, 0.29) is 22.1 Å². The molecule has 0 radical (unpaired) electrons. The molecule has 1 N–H and O–H groups in total. The minimum absolute atomic E-state index is 0.0395. The molecule has 0 aromatic heterocycles. The highest BCUT2D eigenvalue weighted by Gasteiger charge is 2.25. The topological polar surface area (TPSA) is 84.9 Å². The Hall–Kier alpha value is -3.23. The molecule has 3 aromatic carbocycles. The summed E-state index contributed by atoms with van der Waals surface area (Å²) in [5.41, 5.74) is 2.31. The zero-order valence-corrected chi connectivity index (χ0v) is 19.7. The second kappa shape index (κ2) is 9.33. The highest BCUT2D eigenvalue weighted by atomic mass is 35.5. The highest BCUT2D eigenvalue weighted by Crippen LogP contribution is 2.33. The number of carbonyl (C=O) groups excluding carboxylic acids is 1. The van der Waals surface area contributed by atoms with Crippen LogP contribution in [0.1, 0.15) is 22.3 Å². The van der Waals surface area contributed by atoms with Gasteiger partial charge in [0.2, 0.25) is 0 Å². The van der Waals surface area contributed by atoms with Crippen LogP contribution in [0.5, 0.6) is 11.5 Å². The molecule has 0 saturated carbocycles. The monoisotopic (exact) mass is 486 g/mol. The van der Waals surface area contributed by atoms with Gasteiger partial charge in [0.05, 0.1) is 24.8 Å². The van der Waals surface area contributed by atoms with E-state index < -0.39 is 10.0 Å². The smallest absolute Gasteiger partial charge is 0.262 e. The lowest BCUT2D eigenvalue weighted by atomic mass is 10.0. The zero-order chi connectivity index (χ0) is 23.6. The Morgan fingerprint density at radius 1 is 1.03 bits per heavy atom. The first-order valence-corrected chi connectivity index (χ1v) is 12.1. The SMILES string of the molecule is COc1ccc2c(c1)CCCN2C(=O)c1cccc(S(=O)(=O)Nc2cc(Cl)ccc2OC)c1. The van der Waals surface area contributed by atoms with Crippen LogP contribution in [0.2, 0.25) is 5.02 Å². The third kappa shape index (κ3) is 4.77. The molecular formula is C24H23ClN2O5S. The molecule has 0 atom stereocenters. The van der Waals surface area contributed by atoms with E-state index in [2.05, 4.69) is 4.72 Å². The van der Waals surface area contributed by atoms with Crippen molar-refractivity contribution >= 4 is 38.9 Å². The van der Waals surface area contributed by atoms with E-state index in [0.29, 0.717) is 17.3 Å². The lowest BCUT2D eigenvalue weighted by molar-refractivity contribution is 0.0985. The zero-order valence-electron chi connectivity index (χ0n) is 18.2. The molecule has 0 fully saturated rings. The number of rotatable bonds is 6. The predicted molar refractivity (Wildman–Crippen MR) is 128 cm³/mol. The van der Waals surface area contributed by atoms with Gasteiger partial charge in [-0.1, -0.05) is 17.7 Å². The third-order valence-electron chi connectivity index (χ3n) is 5.45. The van der Waals surface area contributed by atoms with Gasteiger partial charge in [-0.25, -0.2) is 8.42 Å². The number of hydrogen-bond donors (Lipinski definition) is 1. The lowest BCUT2D eigenvalue weighted by Gasteiger charge is -2.30. The van der Waals surface area contributed by atoms with Gasteiger partial charge in [0, 0.05) is 22.8 Å². The summed E-state index contributed by atoms with van der Waals surface area (Å²) in [6.45, 7) is 0.549. The van der Waals surface area contributed by atoms with Gasteiger partial charge in [-0.2, -0.15) is 0 Å². The molecule has 172 valence electrons. The van der Waals surface area contributed by atoms with Gasteiger partial charge in [-0.15, -0.1) is 0 Å². The molecule has 0 aliphatic carbocycles. The van der Waals surface area contributed by atoms with Gasteiger partial charge in [-0.3, -0.25) is 9.52 Å². The minimum Gasteiger partial charge on any atom is -0.497 e. The summed E-state index contributed by atoms with van der Waals surface area (Å²) >= 11 is 6.01.